The van der Waals surface area contributed by atoms with Crippen LogP contribution in [0.1, 0.15) is 63.6 Å². The highest BCUT2D eigenvalue weighted by Crippen LogP contribution is 2.41. The van der Waals surface area contributed by atoms with Gasteiger partial charge in [0.25, 0.3) is 0 Å². The zero-order valence-electron chi connectivity index (χ0n) is 11.8. The van der Waals surface area contributed by atoms with E-state index in [0.29, 0.717) is 29.8 Å². The number of anilines is 1. The number of aliphatic carboxylic acids is 1. The van der Waals surface area contributed by atoms with Gasteiger partial charge in [0.05, 0.1) is 0 Å². The summed E-state index contributed by atoms with van der Waals surface area (Å²) in [5, 5.41) is 13.5. The van der Waals surface area contributed by atoms with Crippen molar-refractivity contribution in [1.29, 1.82) is 0 Å². The number of carbonyl (C=O) groups is 1. The van der Waals surface area contributed by atoms with Crippen LogP contribution in [-0.4, -0.2) is 26.0 Å². The Balaban J connectivity index is 1.71. The Morgan fingerprint density at radius 1 is 1.40 bits per heavy atom. The van der Waals surface area contributed by atoms with Crippen LogP contribution in [0.25, 0.3) is 0 Å². The maximum Gasteiger partial charge on any atom is 0.329 e. The van der Waals surface area contributed by atoms with E-state index < -0.39 is 11.5 Å². The smallest absolute Gasteiger partial charge is 0.329 e. The first kappa shape index (κ1) is 13.8. The lowest BCUT2D eigenvalue weighted by Gasteiger charge is -2.37. The summed E-state index contributed by atoms with van der Waals surface area (Å²) < 4.78 is 4.34. The van der Waals surface area contributed by atoms with Crippen molar-refractivity contribution in [1.82, 2.24) is 9.36 Å². The van der Waals surface area contributed by atoms with Crippen LogP contribution in [0.2, 0.25) is 0 Å². The lowest BCUT2D eigenvalue weighted by Crippen LogP contribution is -2.49. The fourth-order valence-electron chi connectivity index (χ4n) is 2.97. The molecule has 1 heterocycles. The van der Waals surface area contributed by atoms with Gasteiger partial charge in [-0.15, -0.1) is 0 Å². The summed E-state index contributed by atoms with van der Waals surface area (Å²) >= 11 is 1.30. The van der Waals surface area contributed by atoms with Crippen molar-refractivity contribution in [3.8, 4) is 0 Å². The Bertz CT molecular complexity index is 490. The van der Waals surface area contributed by atoms with Crippen LogP contribution in [0, 0.1) is 5.92 Å². The molecule has 1 aromatic heterocycles. The van der Waals surface area contributed by atoms with Crippen LogP contribution < -0.4 is 5.32 Å². The van der Waals surface area contributed by atoms with Crippen molar-refractivity contribution in [3.63, 3.8) is 0 Å². The summed E-state index contributed by atoms with van der Waals surface area (Å²) in [6, 6.07) is 0. The second-order valence-corrected chi connectivity index (χ2v) is 6.85. The number of carboxylic acids is 1. The number of hydrogen-bond donors (Lipinski definition) is 2. The second-order valence-electron chi connectivity index (χ2n) is 6.10. The molecule has 0 saturated heterocycles. The molecular weight excluding hydrogens is 274 g/mol. The molecule has 0 radical (unpaired) electrons. The SMILES string of the molecule is CCC1CCC(Nc2nc(C3CC3)ns2)(C(=O)O)CC1. The third-order valence-electron chi connectivity index (χ3n) is 4.68. The molecule has 2 aliphatic carbocycles. The van der Waals surface area contributed by atoms with Crippen LogP contribution in [0.15, 0.2) is 0 Å². The summed E-state index contributed by atoms with van der Waals surface area (Å²) in [7, 11) is 0. The van der Waals surface area contributed by atoms with Crippen molar-refractivity contribution in [2.45, 2.75) is 63.3 Å². The third-order valence-corrected chi connectivity index (χ3v) is 5.32. The van der Waals surface area contributed by atoms with Crippen LogP contribution in [0.4, 0.5) is 5.13 Å². The van der Waals surface area contributed by atoms with Crippen molar-refractivity contribution in [2.24, 2.45) is 5.92 Å². The number of nitrogens with zero attached hydrogens (tertiary/aromatic N) is 2. The molecule has 0 atom stereocenters. The van der Waals surface area contributed by atoms with E-state index in [1.165, 1.54) is 24.4 Å². The third kappa shape index (κ3) is 2.66. The molecule has 20 heavy (non-hydrogen) atoms. The molecule has 2 aliphatic rings. The van der Waals surface area contributed by atoms with Crippen LogP contribution in [0.3, 0.4) is 0 Å². The van der Waals surface area contributed by atoms with Crippen molar-refractivity contribution < 1.29 is 9.90 Å². The minimum absolute atomic E-state index is 0.512. The van der Waals surface area contributed by atoms with E-state index in [0.717, 1.165) is 25.1 Å². The first-order valence-corrected chi connectivity index (χ1v) is 8.25. The molecule has 2 N–H and O–H groups in total. The molecule has 0 unspecified atom stereocenters. The molecule has 0 aliphatic heterocycles. The predicted molar refractivity (Wildman–Crippen MR) is 78.1 cm³/mol. The molecule has 0 spiro atoms. The first-order valence-electron chi connectivity index (χ1n) is 7.48. The minimum atomic E-state index is -0.841. The molecule has 0 amide bonds. The molecule has 3 rings (SSSR count). The highest BCUT2D eigenvalue weighted by atomic mass is 32.1. The molecule has 6 heteroatoms. The van der Waals surface area contributed by atoms with Crippen LogP contribution in [0.5, 0.6) is 0 Å². The Kier molecular flexibility index (Phi) is 3.67. The average Bonchev–Trinajstić information content (AvgIpc) is 3.20. The van der Waals surface area contributed by atoms with Crippen molar-refractivity contribution >= 4 is 22.6 Å². The van der Waals surface area contributed by atoms with Gasteiger partial charge in [-0.05, 0) is 44.4 Å². The van der Waals surface area contributed by atoms with Gasteiger partial charge < -0.3 is 10.4 Å². The predicted octanol–water partition coefficient (Wildman–Crippen LogP) is 3.25. The molecule has 0 aromatic carbocycles. The number of hydrogen-bond acceptors (Lipinski definition) is 5. The van der Waals surface area contributed by atoms with E-state index >= 15 is 0 Å². The van der Waals surface area contributed by atoms with Crippen LogP contribution in [-0.2, 0) is 4.79 Å². The Labute approximate surface area is 123 Å². The first-order chi connectivity index (χ1) is 9.63. The molecular formula is C14H21N3O2S. The van der Waals surface area contributed by atoms with E-state index in [9.17, 15) is 9.90 Å². The molecule has 0 bridgehead atoms. The fraction of sp³-hybridized carbons (Fsp3) is 0.786. The topological polar surface area (TPSA) is 75.1 Å². The monoisotopic (exact) mass is 295 g/mol. The van der Waals surface area contributed by atoms with E-state index in [1.807, 2.05) is 0 Å². The number of carboxylic acid groups (broad SMARTS) is 1. The van der Waals surface area contributed by atoms with E-state index in [-0.39, 0.29) is 0 Å². The highest BCUT2D eigenvalue weighted by molar-refractivity contribution is 7.09. The maximum atomic E-state index is 11.7. The minimum Gasteiger partial charge on any atom is -0.480 e. The van der Waals surface area contributed by atoms with Gasteiger partial charge in [-0.3, -0.25) is 0 Å². The summed E-state index contributed by atoms with van der Waals surface area (Å²) in [6.45, 7) is 2.18. The number of nitrogens with one attached hydrogen (secondary N) is 1. The van der Waals surface area contributed by atoms with Crippen molar-refractivity contribution in [2.75, 3.05) is 5.32 Å². The molecule has 2 saturated carbocycles. The van der Waals surface area contributed by atoms with E-state index in [4.69, 9.17) is 0 Å². The standard InChI is InChI=1S/C14H21N3O2S/c1-2-9-5-7-14(8-6-9,12(18)19)16-13-15-11(17-20-13)10-3-4-10/h9-10H,2-8H2,1H3,(H,18,19)(H,15,16,17). The number of rotatable bonds is 5. The average molecular weight is 295 g/mol. The molecule has 2 fully saturated rings. The summed E-state index contributed by atoms with van der Waals surface area (Å²) in [6.07, 6.45) is 6.78. The normalized spacial score (nSPS) is 30.1. The van der Waals surface area contributed by atoms with Gasteiger partial charge >= 0.3 is 5.97 Å². The van der Waals surface area contributed by atoms with Gasteiger partial charge in [0.1, 0.15) is 11.4 Å². The van der Waals surface area contributed by atoms with Gasteiger partial charge in [0.15, 0.2) is 0 Å². The second kappa shape index (κ2) is 5.31. The maximum absolute atomic E-state index is 11.7. The van der Waals surface area contributed by atoms with Crippen LogP contribution >= 0.6 is 11.5 Å². The largest absolute Gasteiger partial charge is 0.480 e. The Morgan fingerprint density at radius 2 is 2.10 bits per heavy atom. The molecule has 1 aromatic rings. The summed E-state index contributed by atoms with van der Waals surface area (Å²) in [5.41, 5.74) is -0.841. The summed E-state index contributed by atoms with van der Waals surface area (Å²) in [4.78, 5) is 16.2. The highest BCUT2D eigenvalue weighted by Gasteiger charge is 2.42. The fourth-order valence-corrected chi connectivity index (χ4v) is 3.71. The van der Waals surface area contributed by atoms with E-state index in [1.54, 1.807) is 0 Å². The van der Waals surface area contributed by atoms with Gasteiger partial charge in [0.2, 0.25) is 5.13 Å². The Morgan fingerprint density at radius 3 is 2.65 bits per heavy atom. The lowest BCUT2D eigenvalue weighted by atomic mass is 9.75. The van der Waals surface area contributed by atoms with E-state index in [2.05, 4.69) is 21.6 Å². The van der Waals surface area contributed by atoms with Gasteiger partial charge in [0, 0.05) is 17.5 Å². The Hall–Kier alpha value is -1.17. The summed E-state index contributed by atoms with van der Waals surface area (Å²) in [5.74, 6) is 1.31. The molecule has 110 valence electrons. The van der Waals surface area contributed by atoms with Gasteiger partial charge in [-0.25, -0.2) is 9.78 Å². The van der Waals surface area contributed by atoms with Gasteiger partial charge in [-0.2, -0.15) is 4.37 Å². The van der Waals surface area contributed by atoms with Gasteiger partial charge in [-0.1, -0.05) is 13.3 Å². The zero-order valence-corrected chi connectivity index (χ0v) is 12.6. The van der Waals surface area contributed by atoms with Crippen molar-refractivity contribution in [3.05, 3.63) is 5.82 Å². The number of aromatic nitrogens is 2. The lowest BCUT2D eigenvalue weighted by molar-refractivity contribution is -0.143. The quantitative estimate of drug-likeness (QED) is 0.872. The molecule has 5 nitrogen and oxygen atoms in total. The zero-order chi connectivity index (χ0) is 14.2.